The average Bonchev–Trinajstić information content (AvgIpc) is 3.59. The third-order valence-corrected chi connectivity index (χ3v) is 7.24. The summed E-state index contributed by atoms with van der Waals surface area (Å²) in [6.07, 6.45) is 8.85. The first-order valence-electron chi connectivity index (χ1n) is 13.0. The van der Waals surface area contributed by atoms with Gasteiger partial charge >= 0.3 is 0 Å². The van der Waals surface area contributed by atoms with Gasteiger partial charge in [-0.25, -0.2) is 0 Å². The molecule has 2 aliphatic rings. The lowest BCUT2D eigenvalue weighted by molar-refractivity contribution is -0.136. The fraction of sp³-hybridized carbons (Fsp3) is 0.400. The molecular weight excluding hydrogens is 434 g/mol. The van der Waals surface area contributed by atoms with Crippen molar-refractivity contribution in [1.82, 2.24) is 9.47 Å². The second-order valence-electron chi connectivity index (χ2n) is 9.93. The lowest BCUT2D eigenvalue weighted by atomic mass is 9.97. The molecule has 35 heavy (non-hydrogen) atoms. The van der Waals surface area contributed by atoms with Crippen molar-refractivity contribution in [1.29, 1.82) is 0 Å². The van der Waals surface area contributed by atoms with Crippen molar-refractivity contribution in [2.24, 2.45) is 0 Å². The molecule has 1 unspecified atom stereocenters. The van der Waals surface area contributed by atoms with Crippen LogP contribution in [0.1, 0.15) is 74.7 Å². The van der Waals surface area contributed by atoms with Crippen LogP contribution < -0.4 is 4.90 Å². The Morgan fingerprint density at radius 1 is 0.914 bits per heavy atom. The number of carbonyl (C=O) groups excluding carboxylic acids is 2. The van der Waals surface area contributed by atoms with Crippen LogP contribution >= 0.6 is 0 Å². The first kappa shape index (κ1) is 23.4. The van der Waals surface area contributed by atoms with E-state index in [4.69, 9.17) is 0 Å². The first-order chi connectivity index (χ1) is 17.1. The van der Waals surface area contributed by atoms with Gasteiger partial charge < -0.3 is 9.47 Å². The average molecular weight is 470 g/mol. The molecule has 2 amide bonds. The third-order valence-electron chi connectivity index (χ3n) is 7.24. The molecule has 2 heterocycles. The van der Waals surface area contributed by atoms with Gasteiger partial charge in [-0.05, 0) is 56.0 Å². The Kier molecular flexibility index (Phi) is 6.76. The minimum atomic E-state index is -0.242. The largest absolute Gasteiger partial charge is 0.330 e. The second kappa shape index (κ2) is 10.1. The molecule has 1 saturated carbocycles. The summed E-state index contributed by atoms with van der Waals surface area (Å²) in [6, 6.07) is 20.6. The Morgan fingerprint density at radius 3 is 2.37 bits per heavy atom. The van der Waals surface area contributed by atoms with Gasteiger partial charge in [0.15, 0.2) is 0 Å². The van der Waals surface area contributed by atoms with Gasteiger partial charge in [0.2, 0.25) is 11.8 Å². The van der Waals surface area contributed by atoms with Crippen LogP contribution in [0.3, 0.4) is 0 Å². The van der Waals surface area contributed by atoms with Crippen LogP contribution in [0, 0.1) is 6.92 Å². The topological polar surface area (TPSA) is 45.6 Å². The number of carbonyl (C=O) groups is 2. The number of unbranched alkanes of at least 4 members (excludes halogenated alkanes) is 3. The highest BCUT2D eigenvalue weighted by Crippen LogP contribution is 2.42. The number of aromatic nitrogens is 1. The van der Waals surface area contributed by atoms with Crippen molar-refractivity contribution in [3.05, 3.63) is 83.7 Å². The number of aryl methyl sites for hydroxylation is 1. The standard InChI is InChI=1S/C30H35N3O2/c1-3-4-5-6-13-28(34)32(24-18-19-24)21-29(35)33-26-11-8-7-10-25(26)31-20-9-12-27(31)30(33)23-16-14-22(2)15-17-23/h7-12,14-17,20,24,30H,3-6,13,18-19,21H2,1-2H3. The van der Waals surface area contributed by atoms with E-state index in [2.05, 4.69) is 61.0 Å². The number of fused-ring (bicyclic) bond motifs is 3. The van der Waals surface area contributed by atoms with Gasteiger partial charge in [-0.1, -0.05) is 68.1 Å². The van der Waals surface area contributed by atoms with Crippen LogP contribution in [0.2, 0.25) is 0 Å². The first-order valence-corrected chi connectivity index (χ1v) is 13.0. The summed E-state index contributed by atoms with van der Waals surface area (Å²) in [5.74, 6) is 0.0989. The lowest BCUT2D eigenvalue weighted by Gasteiger charge is -2.39. The molecule has 0 bridgehead atoms. The Morgan fingerprint density at radius 2 is 1.66 bits per heavy atom. The highest BCUT2D eigenvalue weighted by Gasteiger charge is 2.39. The van der Waals surface area contributed by atoms with E-state index in [9.17, 15) is 9.59 Å². The summed E-state index contributed by atoms with van der Waals surface area (Å²) in [5, 5.41) is 0. The number of benzene rings is 2. The Bertz CT molecular complexity index is 1190. The summed E-state index contributed by atoms with van der Waals surface area (Å²) < 4.78 is 2.18. The zero-order chi connectivity index (χ0) is 24.4. The number of anilines is 1. The van der Waals surface area contributed by atoms with E-state index < -0.39 is 0 Å². The van der Waals surface area contributed by atoms with Crippen molar-refractivity contribution < 1.29 is 9.59 Å². The quantitative estimate of drug-likeness (QED) is 0.351. The Hall–Kier alpha value is -3.34. The fourth-order valence-corrected chi connectivity index (χ4v) is 5.20. The molecule has 182 valence electrons. The molecule has 3 aromatic rings. The molecule has 0 radical (unpaired) electrons. The van der Waals surface area contributed by atoms with Gasteiger partial charge in [-0.15, -0.1) is 0 Å². The summed E-state index contributed by atoms with van der Waals surface area (Å²) in [5.41, 5.74) is 5.20. The van der Waals surface area contributed by atoms with Crippen LogP contribution in [0.15, 0.2) is 66.9 Å². The highest BCUT2D eigenvalue weighted by atomic mass is 16.2. The van der Waals surface area contributed by atoms with Gasteiger partial charge in [0, 0.05) is 18.7 Å². The van der Waals surface area contributed by atoms with Crippen molar-refractivity contribution >= 4 is 17.5 Å². The maximum absolute atomic E-state index is 14.1. The molecule has 1 atom stereocenters. The van der Waals surface area contributed by atoms with Crippen molar-refractivity contribution in [3.63, 3.8) is 0 Å². The van der Waals surface area contributed by atoms with E-state index in [1.807, 2.05) is 34.1 Å². The van der Waals surface area contributed by atoms with E-state index in [1.54, 1.807) is 0 Å². The predicted octanol–water partition coefficient (Wildman–Crippen LogP) is 6.18. The van der Waals surface area contributed by atoms with Crippen molar-refractivity contribution in [2.45, 2.75) is 70.9 Å². The third kappa shape index (κ3) is 4.77. The van der Waals surface area contributed by atoms with E-state index in [0.29, 0.717) is 6.42 Å². The predicted molar refractivity (Wildman–Crippen MR) is 140 cm³/mol. The summed E-state index contributed by atoms with van der Waals surface area (Å²) in [6.45, 7) is 4.38. The number of nitrogens with zero attached hydrogens (tertiary/aromatic N) is 3. The van der Waals surface area contributed by atoms with E-state index in [1.165, 1.54) is 5.56 Å². The van der Waals surface area contributed by atoms with Gasteiger partial charge in [-0.3, -0.25) is 14.5 Å². The summed E-state index contributed by atoms with van der Waals surface area (Å²) in [4.78, 5) is 31.0. The number of rotatable bonds is 9. The molecule has 5 rings (SSSR count). The molecule has 1 aliphatic heterocycles. The lowest BCUT2D eigenvalue weighted by Crippen LogP contribution is -2.47. The van der Waals surface area contributed by atoms with E-state index in [-0.39, 0.29) is 30.4 Å². The minimum absolute atomic E-state index is 0.0238. The summed E-state index contributed by atoms with van der Waals surface area (Å²) >= 11 is 0. The molecular formula is C30H35N3O2. The molecule has 5 heteroatoms. The number of hydrogen-bond acceptors (Lipinski definition) is 2. The van der Waals surface area contributed by atoms with Gasteiger partial charge in [0.25, 0.3) is 0 Å². The number of hydrogen-bond donors (Lipinski definition) is 0. The smallest absolute Gasteiger partial charge is 0.247 e. The molecule has 1 aliphatic carbocycles. The van der Waals surface area contributed by atoms with Crippen LogP contribution in [0.25, 0.3) is 5.69 Å². The van der Waals surface area contributed by atoms with Crippen molar-refractivity contribution in [3.8, 4) is 5.69 Å². The van der Waals surface area contributed by atoms with Crippen molar-refractivity contribution in [2.75, 3.05) is 11.4 Å². The normalized spacial score (nSPS) is 16.5. The number of para-hydroxylation sites is 2. The van der Waals surface area contributed by atoms with Crippen LogP contribution in [-0.2, 0) is 9.59 Å². The van der Waals surface area contributed by atoms with E-state index >= 15 is 0 Å². The zero-order valence-electron chi connectivity index (χ0n) is 20.8. The molecule has 1 fully saturated rings. The van der Waals surface area contributed by atoms with Crippen LogP contribution in [0.4, 0.5) is 5.69 Å². The molecule has 5 nitrogen and oxygen atoms in total. The number of amides is 2. The molecule has 0 N–H and O–H groups in total. The maximum atomic E-state index is 14.1. The monoisotopic (exact) mass is 469 g/mol. The van der Waals surface area contributed by atoms with Gasteiger partial charge in [-0.2, -0.15) is 0 Å². The second-order valence-corrected chi connectivity index (χ2v) is 9.93. The van der Waals surface area contributed by atoms with Crippen LogP contribution in [0.5, 0.6) is 0 Å². The Balaban J connectivity index is 1.47. The zero-order valence-corrected chi connectivity index (χ0v) is 20.8. The molecule has 0 saturated heterocycles. The Labute approximate surface area is 208 Å². The van der Waals surface area contributed by atoms with Gasteiger partial charge in [0.05, 0.1) is 17.1 Å². The fourth-order valence-electron chi connectivity index (χ4n) is 5.20. The molecule has 2 aromatic carbocycles. The SMILES string of the molecule is CCCCCCC(=O)N(CC(=O)N1c2ccccc2-n2cccc2C1c1ccc(C)cc1)C1CC1. The van der Waals surface area contributed by atoms with Crippen LogP contribution in [-0.4, -0.2) is 33.9 Å². The molecule has 1 aromatic heterocycles. The maximum Gasteiger partial charge on any atom is 0.247 e. The van der Waals surface area contributed by atoms with E-state index in [0.717, 1.165) is 61.2 Å². The highest BCUT2D eigenvalue weighted by molar-refractivity contribution is 6.00. The molecule has 0 spiro atoms. The van der Waals surface area contributed by atoms with Gasteiger partial charge in [0.1, 0.15) is 12.6 Å². The summed E-state index contributed by atoms with van der Waals surface area (Å²) in [7, 11) is 0. The minimum Gasteiger partial charge on any atom is -0.330 e.